The van der Waals surface area contributed by atoms with Crippen LogP contribution >= 0.6 is 0 Å². The van der Waals surface area contributed by atoms with Gasteiger partial charge in [-0.2, -0.15) is 0 Å². The number of fused-ring (bicyclic) bond motifs is 1. The van der Waals surface area contributed by atoms with Crippen molar-refractivity contribution in [3.63, 3.8) is 0 Å². The van der Waals surface area contributed by atoms with Crippen molar-refractivity contribution in [2.45, 2.75) is 32.4 Å². The Kier molecular flexibility index (Phi) is 2.48. The molecule has 88 valence electrons. The monoisotopic (exact) mass is 228 g/mol. The molecule has 0 amide bonds. The highest BCUT2D eigenvalue weighted by Crippen LogP contribution is 2.28. The van der Waals surface area contributed by atoms with Crippen molar-refractivity contribution < 1.29 is 5.11 Å². The Morgan fingerprint density at radius 3 is 3.06 bits per heavy atom. The molecule has 0 unspecified atom stereocenters. The molecule has 3 nitrogen and oxygen atoms in total. The number of imidazole rings is 1. The summed E-state index contributed by atoms with van der Waals surface area (Å²) in [4.78, 5) is 4.56. The first-order valence-electron chi connectivity index (χ1n) is 6.06. The van der Waals surface area contributed by atoms with Gasteiger partial charge in [0.1, 0.15) is 11.9 Å². The SMILES string of the molecule is Cc1cccc(-c2cn3c(n2)[C@H](O)CCC3)c1. The van der Waals surface area contributed by atoms with Gasteiger partial charge in [-0.3, -0.25) is 0 Å². The number of hydrogen-bond acceptors (Lipinski definition) is 2. The summed E-state index contributed by atoms with van der Waals surface area (Å²) in [5.74, 6) is 0.813. The molecule has 0 radical (unpaired) electrons. The zero-order valence-electron chi connectivity index (χ0n) is 9.93. The van der Waals surface area contributed by atoms with E-state index in [9.17, 15) is 5.11 Å². The van der Waals surface area contributed by atoms with Gasteiger partial charge in [0.05, 0.1) is 5.69 Å². The van der Waals surface area contributed by atoms with Crippen molar-refractivity contribution in [1.29, 1.82) is 0 Å². The summed E-state index contributed by atoms with van der Waals surface area (Å²) >= 11 is 0. The van der Waals surface area contributed by atoms with E-state index in [-0.39, 0.29) is 0 Å². The fraction of sp³-hybridized carbons (Fsp3) is 0.357. The lowest BCUT2D eigenvalue weighted by molar-refractivity contribution is 0.134. The van der Waals surface area contributed by atoms with Crippen LogP contribution in [0, 0.1) is 6.92 Å². The van der Waals surface area contributed by atoms with E-state index in [0.717, 1.165) is 36.5 Å². The molecule has 3 rings (SSSR count). The summed E-state index contributed by atoms with van der Waals surface area (Å²) in [7, 11) is 0. The normalized spacial score (nSPS) is 19.1. The summed E-state index contributed by atoms with van der Waals surface area (Å²) in [5.41, 5.74) is 3.32. The number of rotatable bonds is 1. The van der Waals surface area contributed by atoms with E-state index in [4.69, 9.17) is 0 Å². The molecule has 0 spiro atoms. The molecule has 3 heteroatoms. The molecule has 2 heterocycles. The van der Waals surface area contributed by atoms with Crippen LogP contribution < -0.4 is 0 Å². The Bertz CT molecular complexity index is 545. The zero-order chi connectivity index (χ0) is 11.8. The Morgan fingerprint density at radius 2 is 2.29 bits per heavy atom. The molecular weight excluding hydrogens is 212 g/mol. The molecule has 1 aromatic carbocycles. The van der Waals surface area contributed by atoms with E-state index in [1.807, 2.05) is 12.3 Å². The first kappa shape index (κ1) is 10.5. The number of aromatic nitrogens is 2. The first-order valence-corrected chi connectivity index (χ1v) is 6.06. The maximum Gasteiger partial charge on any atom is 0.138 e. The number of aliphatic hydroxyl groups is 1. The average molecular weight is 228 g/mol. The van der Waals surface area contributed by atoms with Crippen LogP contribution in [0.4, 0.5) is 0 Å². The van der Waals surface area contributed by atoms with Crippen LogP contribution in [0.5, 0.6) is 0 Å². The minimum atomic E-state index is -0.401. The van der Waals surface area contributed by atoms with E-state index < -0.39 is 6.10 Å². The lowest BCUT2D eigenvalue weighted by atomic mass is 10.1. The molecule has 1 aliphatic heterocycles. The number of aliphatic hydroxyl groups excluding tert-OH is 1. The minimum absolute atomic E-state index is 0.401. The predicted octanol–water partition coefficient (Wildman–Crippen LogP) is 2.69. The van der Waals surface area contributed by atoms with Gasteiger partial charge in [0, 0.05) is 18.3 Å². The summed E-state index contributed by atoms with van der Waals surface area (Å²) < 4.78 is 2.08. The number of nitrogens with zero attached hydrogens (tertiary/aromatic N) is 2. The van der Waals surface area contributed by atoms with Gasteiger partial charge in [-0.15, -0.1) is 0 Å². The van der Waals surface area contributed by atoms with Crippen LogP contribution in [0.15, 0.2) is 30.5 Å². The minimum Gasteiger partial charge on any atom is -0.385 e. The average Bonchev–Trinajstić information content (AvgIpc) is 2.74. The second-order valence-corrected chi connectivity index (χ2v) is 4.71. The molecule has 1 atom stereocenters. The van der Waals surface area contributed by atoms with E-state index in [1.165, 1.54) is 5.56 Å². The molecular formula is C14H16N2O. The Balaban J connectivity index is 2.05. The molecule has 0 saturated heterocycles. The van der Waals surface area contributed by atoms with Gasteiger partial charge < -0.3 is 9.67 Å². The van der Waals surface area contributed by atoms with E-state index >= 15 is 0 Å². The smallest absolute Gasteiger partial charge is 0.138 e. The van der Waals surface area contributed by atoms with E-state index in [0.29, 0.717) is 0 Å². The molecule has 0 aliphatic carbocycles. The number of aryl methyl sites for hydroxylation is 2. The molecule has 0 fully saturated rings. The summed E-state index contributed by atoms with van der Waals surface area (Å²) in [5, 5.41) is 9.89. The quantitative estimate of drug-likeness (QED) is 0.815. The lowest BCUT2D eigenvalue weighted by Gasteiger charge is -2.18. The molecule has 1 N–H and O–H groups in total. The van der Waals surface area contributed by atoms with Gasteiger partial charge in [0.2, 0.25) is 0 Å². The van der Waals surface area contributed by atoms with Gasteiger partial charge in [-0.05, 0) is 25.8 Å². The fourth-order valence-electron chi connectivity index (χ4n) is 2.40. The third kappa shape index (κ3) is 1.87. The highest BCUT2D eigenvalue weighted by molar-refractivity contribution is 5.59. The number of benzene rings is 1. The second kappa shape index (κ2) is 4.00. The van der Waals surface area contributed by atoms with Crippen LogP contribution in [0.1, 0.15) is 30.3 Å². The van der Waals surface area contributed by atoms with Gasteiger partial charge in [-0.1, -0.05) is 23.8 Å². The Morgan fingerprint density at radius 1 is 1.41 bits per heavy atom. The highest BCUT2D eigenvalue weighted by atomic mass is 16.3. The Labute approximate surface area is 101 Å². The zero-order valence-corrected chi connectivity index (χ0v) is 9.93. The van der Waals surface area contributed by atoms with E-state index in [1.54, 1.807) is 0 Å². The van der Waals surface area contributed by atoms with E-state index in [2.05, 4.69) is 34.7 Å². The van der Waals surface area contributed by atoms with Gasteiger partial charge in [0.25, 0.3) is 0 Å². The van der Waals surface area contributed by atoms with Crippen LogP contribution in [0.2, 0.25) is 0 Å². The Hall–Kier alpha value is -1.61. The summed E-state index contributed by atoms with van der Waals surface area (Å²) in [6.07, 6.45) is 3.50. The molecule has 1 aromatic heterocycles. The largest absolute Gasteiger partial charge is 0.385 e. The molecule has 0 bridgehead atoms. The second-order valence-electron chi connectivity index (χ2n) is 4.71. The standard InChI is InChI=1S/C14H16N2O/c1-10-4-2-5-11(8-10)12-9-16-7-3-6-13(17)14(16)15-12/h2,4-5,8-9,13,17H,3,6-7H2,1H3/t13-/m1/s1. The van der Waals surface area contributed by atoms with Crippen molar-refractivity contribution in [2.24, 2.45) is 0 Å². The van der Waals surface area contributed by atoms with Crippen LogP contribution in [-0.4, -0.2) is 14.7 Å². The van der Waals surface area contributed by atoms with Crippen molar-refractivity contribution in [1.82, 2.24) is 9.55 Å². The third-order valence-corrected chi connectivity index (χ3v) is 3.30. The topological polar surface area (TPSA) is 38.0 Å². The van der Waals surface area contributed by atoms with Gasteiger partial charge in [0.15, 0.2) is 0 Å². The van der Waals surface area contributed by atoms with Crippen molar-refractivity contribution in [2.75, 3.05) is 0 Å². The highest BCUT2D eigenvalue weighted by Gasteiger charge is 2.20. The van der Waals surface area contributed by atoms with Crippen LogP contribution in [0.25, 0.3) is 11.3 Å². The van der Waals surface area contributed by atoms with Crippen molar-refractivity contribution in [3.05, 3.63) is 41.9 Å². The van der Waals surface area contributed by atoms with Crippen LogP contribution in [-0.2, 0) is 6.54 Å². The molecule has 0 saturated carbocycles. The summed E-state index contributed by atoms with van der Waals surface area (Å²) in [6, 6.07) is 8.31. The maximum absolute atomic E-state index is 9.89. The van der Waals surface area contributed by atoms with Gasteiger partial charge in [-0.25, -0.2) is 4.98 Å². The van der Waals surface area contributed by atoms with Crippen molar-refractivity contribution >= 4 is 0 Å². The third-order valence-electron chi connectivity index (χ3n) is 3.30. The predicted molar refractivity (Wildman–Crippen MR) is 66.6 cm³/mol. The first-order chi connectivity index (χ1) is 8.24. The molecule has 17 heavy (non-hydrogen) atoms. The number of hydrogen-bond donors (Lipinski definition) is 1. The van der Waals surface area contributed by atoms with Gasteiger partial charge >= 0.3 is 0 Å². The van der Waals surface area contributed by atoms with Crippen molar-refractivity contribution in [3.8, 4) is 11.3 Å². The van der Waals surface area contributed by atoms with Crippen LogP contribution in [0.3, 0.4) is 0 Å². The maximum atomic E-state index is 9.89. The lowest BCUT2D eigenvalue weighted by Crippen LogP contribution is -2.14. The fourth-order valence-corrected chi connectivity index (χ4v) is 2.40. The summed E-state index contributed by atoms with van der Waals surface area (Å²) in [6.45, 7) is 3.04. The molecule has 1 aliphatic rings. The molecule has 2 aromatic rings.